The number of likely N-dealkylation sites (N-methyl/N-ethyl adjacent to an activating group) is 1. The number of allylic oxidation sites excluding steroid dienone is 1. The zero-order valence-corrected chi connectivity index (χ0v) is 17.4. The standard InChI is InChI=1S/C21H23FN4O3.ClH/c1-23-17-4-2-3-11-8-25(9-14(11)17)20-16(22)7-13-18(27)15(21(28)29)10-26(12-5-6-12)19(13)24-20;/h2,4,7,10-12,14,17,23H,3,5-6,8-9H2,1H3,(H,28,29);1H. The number of nitrogens with one attached hydrogen (secondary N) is 1. The first-order chi connectivity index (χ1) is 14.0. The van der Waals surface area contributed by atoms with Gasteiger partial charge in [-0.15, -0.1) is 12.4 Å². The molecule has 1 saturated heterocycles. The second-order valence-electron chi connectivity index (χ2n) is 8.29. The van der Waals surface area contributed by atoms with E-state index in [-0.39, 0.29) is 41.3 Å². The number of carboxylic acid groups (broad SMARTS) is 1. The fourth-order valence-corrected chi connectivity index (χ4v) is 4.82. The zero-order valence-electron chi connectivity index (χ0n) is 16.5. The number of halogens is 2. The van der Waals surface area contributed by atoms with Crippen LogP contribution in [0.3, 0.4) is 0 Å². The molecule has 5 rings (SSSR count). The third kappa shape index (κ3) is 3.28. The summed E-state index contributed by atoms with van der Waals surface area (Å²) in [5.41, 5.74) is -0.651. The fourth-order valence-electron chi connectivity index (χ4n) is 4.82. The van der Waals surface area contributed by atoms with Gasteiger partial charge in [0.05, 0.1) is 5.39 Å². The van der Waals surface area contributed by atoms with Crippen LogP contribution in [0.25, 0.3) is 11.0 Å². The summed E-state index contributed by atoms with van der Waals surface area (Å²) < 4.78 is 16.8. The summed E-state index contributed by atoms with van der Waals surface area (Å²) >= 11 is 0. The maximum atomic E-state index is 15.1. The van der Waals surface area contributed by atoms with Crippen LogP contribution in [0.4, 0.5) is 10.2 Å². The maximum absolute atomic E-state index is 15.1. The molecule has 3 atom stereocenters. The predicted molar refractivity (Wildman–Crippen MR) is 114 cm³/mol. The predicted octanol–water partition coefficient (Wildman–Crippen LogP) is 2.59. The van der Waals surface area contributed by atoms with Crippen molar-refractivity contribution in [2.75, 3.05) is 25.0 Å². The van der Waals surface area contributed by atoms with Gasteiger partial charge in [-0.2, -0.15) is 0 Å². The summed E-state index contributed by atoms with van der Waals surface area (Å²) in [6, 6.07) is 1.53. The molecule has 2 aromatic rings. The fraction of sp³-hybridized carbons (Fsp3) is 0.476. The van der Waals surface area contributed by atoms with Gasteiger partial charge in [-0.1, -0.05) is 12.2 Å². The quantitative estimate of drug-likeness (QED) is 0.719. The minimum absolute atomic E-state index is 0. The number of aromatic carboxylic acids is 1. The van der Waals surface area contributed by atoms with Crippen molar-refractivity contribution in [1.82, 2.24) is 14.9 Å². The first-order valence-corrected chi connectivity index (χ1v) is 10.1. The Morgan fingerprint density at radius 3 is 2.77 bits per heavy atom. The molecule has 1 saturated carbocycles. The van der Waals surface area contributed by atoms with Gasteiger partial charge in [0.2, 0.25) is 5.43 Å². The Morgan fingerprint density at radius 1 is 1.33 bits per heavy atom. The van der Waals surface area contributed by atoms with Crippen LogP contribution in [0.5, 0.6) is 0 Å². The highest BCUT2D eigenvalue weighted by Crippen LogP contribution is 2.39. The summed E-state index contributed by atoms with van der Waals surface area (Å²) in [6.45, 7) is 1.40. The highest BCUT2D eigenvalue weighted by Gasteiger charge is 2.39. The van der Waals surface area contributed by atoms with E-state index in [4.69, 9.17) is 0 Å². The van der Waals surface area contributed by atoms with Crippen molar-refractivity contribution in [3.05, 3.63) is 46.0 Å². The number of hydrogen-bond acceptors (Lipinski definition) is 5. The van der Waals surface area contributed by atoms with Gasteiger partial charge >= 0.3 is 5.97 Å². The minimum Gasteiger partial charge on any atom is -0.477 e. The molecule has 0 aromatic carbocycles. The topological polar surface area (TPSA) is 87.5 Å². The van der Waals surface area contributed by atoms with E-state index in [0.717, 1.165) is 19.3 Å². The van der Waals surface area contributed by atoms with E-state index >= 15 is 4.39 Å². The smallest absolute Gasteiger partial charge is 0.341 e. The molecule has 3 heterocycles. The Morgan fingerprint density at radius 2 is 2.10 bits per heavy atom. The summed E-state index contributed by atoms with van der Waals surface area (Å²) in [7, 11) is 1.93. The highest BCUT2D eigenvalue weighted by atomic mass is 35.5. The number of rotatable bonds is 4. The molecule has 2 aromatic heterocycles. The number of anilines is 1. The van der Waals surface area contributed by atoms with Crippen LogP contribution in [0.2, 0.25) is 0 Å². The number of aromatic nitrogens is 2. The Bertz CT molecular complexity index is 1100. The lowest BCUT2D eigenvalue weighted by Crippen LogP contribution is -2.38. The largest absolute Gasteiger partial charge is 0.477 e. The monoisotopic (exact) mass is 434 g/mol. The summed E-state index contributed by atoms with van der Waals surface area (Å²) in [5.74, 6) is -0.827. The Labute approximate surface area is 179 Å². The van der Waals surface area contributed by atoms with E-state index in [1.54, 1.807) is 4.57 Å². The van der Waals surface area contributed by atoms with Gasteiger partial charge < -0.3 is 19.9 Å². The van der Waals surface area contributed by atoms with E-state index in [1.807, 2.05) is 11.9 Å². The number of carboxylic acids is 1. The number of carbonyl (C=O) groups is 1. The molecule has 0 spiro atoms. The van der Waals surface area contributed by atoms with Crippen LogP contribution in [0.15, 0.2) is 29.2 Å². The first kappa shape index (κ1) is 20.8. The summed E-state index contributed by atoms with van der Waals surface area (Å²) in [5, 5.41) is 12.7. The zero-order chi connectivity index (χ0) is 20.3. The second kappa shape index (κ2) is 7.67. The van der Waals surface area contributed by atoms with Gasteiger partial charge in [0.25, 0.3) is 0 Å². The Hall–Kier alpha value is -2.45. The third-order valence-electron chi connectivity index (χ3n) is 6.48. The van der Waals surface area contributed by atoms with Gasteiger partial charge in [-0.05, 0) is 38.3 Å². The van der Waals surface area contributed by atoms with Crippen molar-refractivity contribution in [3.63, 3.8) is 0 Å². The average molecular weight is 435 g/mol. The molecule has 3 unspecified atom stereocenters. The molecule has 0 amide bonds. The van der Waals surface area contributed by atoms with E-state index in [2.05, 4.69) is 22.5 Å². The summed E-state index contributed by atoms with van der Waals surface area (Å²) in [6.07, 6.45) is 8.47. The molecule has 1 aliphatic heterocycles. The lowest BCUT2D eigenvalue weighted by atomic mass is 9.82. The van der Waals surface area contributed by atoms with Crippen LogP contribution in [0.1, 0.15) is 35.7 Å². The molecule has 2 fully saturated rings. The minimum atomic E-state index is -1.30. The van der Waals surface area contributed by atoms with Crippen LogP contribution in [-0.4, -0.2) is 46.8 Å². The van der Waals surface area contributed by atoms with E-state index in [0.29, 0.717) is 30.6 Å². The number of fused-ring (bicyclic) bond motifs is 2. The Balaban J connectivity index is 0.00000218. The molecule has 2 aliphatic carbocycles. The lowest BCUT2D eigenvalue weighted by Gasteiger charge is -2.28. The molecule has 0 radical (unpaired) electrons. The number of nitrogens with zero attached hydrogens (tertiary/aromatic N) is 3. The van der Waals surface area contributed by atoms with Gasteiger partial charge in [-0.25, -0.2) is 14.2 Å². The van der Waals surface area contributed by atoms with Crippen LogP contribution >= 0.6 is 12.4 Å². The second-order valence-corrected chi connectivity index (χ2v) is 8.29. The van der Waals surface area contributed by atoms with Crippen molar-refractivity contribution >= 4 is 35.2 Å². The van der Waals surface area contributed by atoms with Crippen LogP contribution < -0.4 is 15.6 Å². The Kier molecular flexibility index (Phi) is 5.32. The maximum Gasteiger partial charge on any atom is 0.341 e. The van der Waals surface area contributed by atoms with E-state index in [9.17, 15) is 14.7 Å². The molecular formula is C21H24ClFN4O3. The molecule has 7 nitrogen and oxygen atoms in total. The lowest BCUT2D eigenvalue weighted by molar-refractivity contribution is 0.0695. The molecule has 2 N–H and O–H groups in total. The van der Waals surface area contributed by atoms with Crippen molar-refractivity contribution in [2.45, 2.75) is 31.3 Å². The van der Waals surface area contributed by atoms with Crippen molar-refractivity contribution in [2.24, 2.45) is 11.8 Å². The molecule has 9 heteroatoms. The van der Waals surface area contributed by atoms with Gasteiger partial charge in [0.1, 0.15) is 11.2 Å². The molecular weight excluding hydrogens is 411 g/mol. The highest BCUT2D eigenvalue weighted by molar-refractivity contribution is 5.92. The first-order valence-electron chi connectivity index (χ1n) is 10.1. The van der Waals surface area contributed by atoms with Gasteiger partial charge in [-0.3, -0.25) is 4.79 Å². The number of pyridine rings is 2. The van der Waals surface area contributed by atoms with Crippen molar-refractivity contribution in [1.29, 1.82) is 0 Å². The van der Waals surface area contributed by atoms with Gasteiger partial charge in [0.15, 0.2) is 11.6 Å². The van der Waals surface area contributed by atoms with Gasteiger partial charge in [0, 0.05) is 37.3 Å². The molecule has 160 valence electrons. The molecule has 0 bridgehead atoms. The molecule has 3 aliphatic rings. The van der Waals surface area contributed by atoms with Crippen LogP contribution in [0, 0.1) is 17.7 Å². The van der Waals surface area contributed by atoms with Crippen molar-refractivity contribution < 1.29 is 14.3 Å². The normalized spacial score (nSPS) is 25.3. The number of hydrogen-bond donors (Lipinski definition) is 2. The SMILES string of the molecule is CNC1C=CCC2CN(c3nc4c(cc3F)c(=O)c(C(=O)O)cn4C3CC3)CC21.Cl. The van der Waals surface area contributed by atoms with Crippen molar-refractivity contribution in [3.8, 4) is 0 Å². The summed E-state index contributed by atoms with van der Waals surface area (Å²) in [4.78, 5) is 30.6. The van der Waals surface area contributed by atoms with Crippen LogP contribution in [-0.2, 0) is 0 Å². The van der Waals surface area contributed by atoms with E-state index < -0.39 is 17.2 Å². The average Bonchev–Trinajstić information content (AvgIpc) is 3.45. The molecule has 30 heavy (non-hydrogen) atoms. The van der Waals surface area contributed by atoms with E-state index in [1.165, 1.54) is 12.3 Å². The third-order valence-corrected chi connectivity index (χ3v) is 6.48.